The first-order chi connectivity index (χ1) is 21.9. The maximum Gasteiger partial charge on any atom is 0.306 e. The van der Waals surface area contributed by atoms with Crippen molar-refractivity contribution in [3.8, 4) is 0 Å². The molecule has 12 nitrogen and oxygen atoms in total. The van der Waals surface area contributed by atoms with Gasteiger partial charge in [0, 0.05) is 12.8 Å². The van der Waals surface area contributed by atoms with E-state index in [-0.39, 0.29) is 25.9 Å². The fraction of sp³-hybridized carbons (Fsp3) is 0.667. The summed E-state index contributed by atoms with van der Waals surface area (Å²) in [6.45, 7) is 21.1. The Balaban J connectivity index is 3.23. The van der Waals surface area contributed by atoms with Gasteiger partial charge in [-0.25, -0.2) is 0 Å². The summed E-state index contributed by atoms with van der Waals surface area (Å²) >= 11 is 0. The first-order valence-corrected chi connectivity index (χ1v) is 16.4. The van der Waals surface area contributed by atoms with Crippen LogP contribution in [0, 0.1) is 18.3 Å². The maximum atomic E-state index is 13.8. The van der Waals surface area contributed by atoms with Gasteiger partial charge in [-0.2, -0.15) is 0 Å². The molecule has 4 amide bonds. The second-order valence-electron chi connectivity index (χ2n) is 15.5. The molecule has 4 atom stereocenters. The van der Waals surface area contributed by atoms with Crippen LogP contribution in [0.25, 0.3) is 0 Å². The quantitative estimate of drug-likeness (QED) is 0.194. The SMILES string of the molecule is Cc1ccccc1C[C@H](NC(=O)[C@H](NC(=O)[C@H](COC(C)(C)C)NC(=O)CCC(=O)OC(C)(C)C)C(C)C)C(=O)N[C@H]([C]=O)C(C)(C)C. The summed E-state index contributed by atoms with van der Waals surface area (Å²) in [5.41, 5.74) is -0.237. The van der Waals surface area contributed by atoms with E-state index in [1.54, 1.807) is 76.2 Å². The molecule has 1 aromatic rings. The molecule has 0 bridgehead atoms. The Labute approximate surface area is 286 Å². The van der Waals surface area contributed by atoms with Gasteiger partial charge in [-0.05, 0) is 70.9 Å². The Kier molecular flexibility index (Phi) is 15.9. The number of hydrogen-bond acceptors (Lipinski definition) is 8. The minimum Gasteiger partial charge on any atom is -0.460 e. The molecule has 0 unspecified atom stereocenters. The molecule has 0 saturated carbocycles. The van der Waals surface area contributed by atoms with E-state index < -0.39 is 76.3 Å². The van der Waals surface area contributed by atoms with E-state index in [1.807, 2.05) is 37.5 Å². The monoisotopic (exact) mass is 673 g/mol. The molecule has 12 heteroatoms. The largest absolute Gasteiger partial charge is 0.460 e. The average molecular weight is 674 g/mol. The van der Waals surface area contributed by atoms with Crippen LogP contribution < -0.4 is 21.3 Å². The van der Waals surface area contributed by atoms with E-state index in [2.05, 4.69) is 21.3 Å². The first kappa shape index (κ1) is 42.2. The minimum atomic E-state index is -1.19. The average Bonchev–Trinajstić information content (AvgIpc) is 2.93. The lowest BCUT2D eigenvalue weighted by Crippen LogP contribution is -2.60. The predicted octanol–water partition coefficient (Wildman–Crippen LogP) is 3.23. The van der Waals surface area contributed by atoms with E-state index in [1.165, 1.54) is 0 Å². The molecule has 0 aliphatic rings. The van der Waals surface area contributed by atoms with Crippen LogP contribution >= 0.6 is 0 Å². The highest BCUT2D eigenvalue weighted by Crippen LogP contribution is 2.19. The number of rotatable bonds is 16. The Morgan fingerprint density at radius 1 is 0.750 bits per heavy atom. The summed E-state index contributed by atoms with van der Waals surface area (Å²) in [5, 5.41) is 10.8. The number of amides is 4. The van der Waals surface area contributed by atoms with E-state index in [0.717, 1.165) is 11.1 Å². The fourth-order valence-electron chi connectivity index (χ4n) is 4.38. The molecule has 4 N–H and O–H groups in total. The zero-order valence-electron chi connectivity index (χ0n) is 30.8. The van der Waals surface area contributed by atoms with Crippen molar-refractivity contribution in [3.63, 3.8) is 0 Å². The molecule has 0 spiro atoms. The number of carbonyl (C=O) groups is 5. The van der Waals surface area contributed by atoms with Crippen molar-refractivity contribution in [3.05, 3.63) is 35.4 Å². The van der Waals surface area contributed by atoms with E-state index in [9.17, 15) is 28.8 Å². The van der Waals surface area contributed by atoms with Gasteiger partial charge < -0.3 is 30.7 Å². The number of ether oxygens (including phenoxy) is 2. The molecule has 0 aromatic heterocycles. The summed E-state index contributed by atoms with van der Waals surface area (Å²) in [7, 11) is 0. The van der Waals surface area contributed by atoms with Crippen molar-refractivity contribution < 1.29 is 38.2 Å². The smallest absolute Gasteiger partial charge is 0.306 e. The Hall–Kier alpha value is -3.80. The van der Waals surface area contributed by atoms with Gasteiger partial charge in [0.2, 0.25) is 29.9 Å². The summed E-state index contributed by atoms with van der Waals surface area (Å²) < 4.78 is 11.1. The van der Waals surface area contributed by atoms with Crippen molar-refractivity contribution in [2.75, 3.05) is 6.61 Å². The van der Waals surface area contributed by atoms with Gasteiger partial charge in [0.15, 0.2) is 0 Å². The highest BCUT2D eigenvalue weighted by Gasteiger charge is 2.34. The van der Waals surface area contributed by atoms with Crippen LogP contribution in [0.1, 0.15) is 100 Å². The molecular weight excluding hydrogens is 616 g/mol. The van der Waals surface area contributed by atoms with Gasteiger partial charge >= 0.3 is 5.97 Å². The van der Waals surface area contributed by atoms with Crippen LogP contribution in [0.5, 0.6) is 0 Å². The number of nitrogens with one attached hydrogen (secondary N) is 4. The predicted molar refractivity (Wildman–Crippen MR) is 183 cm³/mol. The molecule has 0 aliphatic carbocycles. The van der Waals surface area contributed by atoms with Crippen LogP contribution in [-0.2, 0) is 44.7 Å². The Morgan fingerprint density at radius 3 is 1.83 bits per heavy atom. The Morgan fingerprint density at radius 2 is 1.33 bits per heavy atom. The van der Waals surface area contributed by atoms with Gasteiger partial charge in [0.25, 0.3) is 0 Å². The van der Waals surface area contributed by atoms with Crippen molar-refractivity contribution >= 4 is 35.9 Å². The molecule has 0 aliphatic heterocycles. The molecular formula is C36H57N4O8. The maximum absolute atomic E-state index is 13.8. The number of esters is 1. The minimum absolute atomic E-state index is 0.133. The highest BCUT2D eigenvalue weighted by molar-refractivity contribution is 5.95. The van der Waals surface area contributed by atoms with Crippen LogP contribution in [0.3, 0.4) is 0 Å². The van der Waals surface area contributed by atoms with Crippen molar-refractivity contribution in [1.29, 1.82) is 0 Å². The lowest BCUT2D eigenvalue weighted by atomic mass is 9.87. The van der Waals surface area contributed by atoms with Crippen LogP contribution in [0.2, 0.25) is 0 Å². The first-order valence-electron chi connectivity index (χ1n) is 16.4. The van der Waals surface area contributed by atoms with Gasteiger partial charge in [0.1, 0.15) is 29.8 Å². The number of benzene rings is 1. The van der Waals surface area contributed by atoms with Gasteiger partial charge in [-0.3, -0.25) is 28.8 Å². The molecule has 0 saturated heterocycles. The summed E-state index contributed by atoms with van der Waals surface area (Å²) in [4.78, 5) is 77.5. The molecule has 1 rings (SSSR count). The van der Waals surface area contributed by atoms with Gasteiger partial charge in [0.05, 0.1) is 18.6 Å². The Bertz CT molecular complexity index is 1270. The number of aryl methyl sites for hydroxylation is 1. The molecule has 48 heavy (non-hydrogen) atoms. The molecule has 0 heterocycles. The van der Waals surface area contributed by atoms with Crippen LogP contribution in [0.15, 0.2) is 24.3 Å². The van der Waals surface area contributed by atoms with Crippen molar-refractivity contribution in [2.45, 2.75) is 138 Å². The van der Waals surface area contributed by atoms with Gasteiger partial charge in [-0.1, -0.05) is 58.9 Å². The molecule has 1 aromatic carbocycles. The molecule has 0 fully saturated rings. The standard InChI is InChI=1S/C36H57N4O8/c1-22(2)30(40-32(45)26(21-47-35(7,8)9)37-28(42)17-18-29(43)48-36(10,11)12)33(46)38-25(19-24-16-14-13-15-23(24)3)31(44)39-27(20-41)34(4,5)6/h13-16,22,25-27,30H,17-19,21H2,1-12H3,(H,37,42)(H,38,46)(H,39,44)(H,40,45)/t25-,26-,27+,30+/m0/s1. The summed E-state index contributed by atoms with van der Waals surface area (Å²) in [6.07, 6.45) is 1.61. The zero-order chi connectivity index (χ0) is 37.0. The van der Waals surface area contributed by atoms with Crippen LogP contribution in [-0.4, -0.2) is 77.9 Å². The third kappa shape index (κ3) is 15.9. The lowest BCUT2D eigenvalue weighted by Gasteiger charge is -2.30. The number of carbonyl (C=O) groups excluding carboxylic acids is 6. The third-order valence-corrected chi connectivity index (χ3v) is 7.15. The summed E-state index contributed by atoms with van der Waals surface area (Å²) in [6, 6.07) is 3.14. The third-order valence-electron chi connectivity index (χ3n) is 7.15. The van der Waals surface area contributed by atoms with Crippen LogP contribution in [0.4, 0.5) is 0 Å². The molecule has 269 valence electrons. The second-order valence-corrected chi connectivity index (χ2v) is 15.5. The second kappa shape index (κ2) is 18.1. The van der Waals surface area contributed by atoms with Crippen molar-refractivity contribution in [1.82, 2.24) is 21.3 Å². The topological polar surface area (TPSA) is 169 Å². The van der Waals surface area contributed by atoms with Gasteiger partial charge in [-0.15, -0.1) is 0 Å². The van der Waals surface area contributed by atoms with Crippen molar-refractivity contribution in [2.24, 2.45) is 11.3 Å². The molecule has 1 radical (unpaired) electrons. The normalized spacial score (nSPS) is 14.6. The lowest BCUT2D eigenvalue weighted by molar-refractivity contribution is -0.155. The van der Waals surface area contributed by atoms with E-state index in [4.69, 9.17) is 9.47 Å². The summed E-state index contributed by atoms with van der Waals surface area (Å²) in [5.74, 6) is -3.42. The zero-order valence-corrected chi connectivity index (χ0v) is 30.8. The van der Waals surface area contributed by atoms with E-state index in [0.29, 0.717) is 0 Å². The fourth-order valence-corrected chi connectivity index (χ4v) is 4.38. The number of hydrogen-bond donors (Lipinski definition) is 4. The van der Waals surface area contributed by atoms with E-state index >= 15 is 0 Å². The highest BCUT2D eigenvalue weighted by atomic mass is 16.6.